The summed E-state index contributed by atoms with van der Waals surface area (Å²) in [6, 6.07) is 28.0. The Morgan fingerprint density at radius 1 is 0.426 bits per heavy atom. The van der Waals surface area contributed by atoms with Crippen LogP contribution in [0.5, 0.6) is 5.75 Å². The van der Waals surface area contributed by atoms with Gasteiger partial charge >= 0.3 is 0 Å². The van der Waals surface area contributed by atoms with Crippen molar-refractivity contribution in [3.63, 3.8) is 0 Å². The zero-order chi connectivity index (χ0) is 34.8. The third-order valence-corrected chi connectivity index (χ3v) is 10.6. The van der Waals surface area contributed by atoms with Gasteiger partial charge in [0.25, 0.3) is 0 Å². The molecule has 4 heteroatoms. The van der Waals surface area contributed by atoms with Gasteiger partial charge in [0.1, 0.15) is 30.0 Å². The average molecular weight is 667 g/mol. The summed E-state index contributed by atoms with van der Waals surface area (Å²) in [5.74, 6) is 10.7. The van der Waals surface area contributed by atoms with Gasteiger partial charge in [-0.2, -0.15) is 0 Å². The molecule has 47 heavy (non-hydrogen) atoms. The van der Waals surface area contributed by atoms with Crippen LogP contribution in [0.1, 0.15) is 55.6 Å². The van der Waals surface area contributed by atoms with Crippen LogP contribution in [0.15, 0.2) is 78.9 Å². The standard InChI is InChI=1S/C43H50OSi3/c1-32-29-39(16-13-35(32)23-26-45(4,5)6)43(38-19-21-42(44)22-20-38,40-17-14-36(33(2)30-40)24-27-46(7,8)9)41-18-15-37(34(3)31-41)25-28-47(10,11)12/h13-22,29-31,44H,1-12H3. The van der Waals surface area contributed by atoms with Gasteiger partial charge in [0.05, 0.1) is 5.41 Å². The van der Waals surface area contributed by atoms with E-state index in [0.29, 0.717) is 0 Å². The minimum absolute atomic E-state index is 0.247. The van der Waals surface area contributed by atoms with E-state index in [2.05, 4.69) is 181 Å². The van der Waals surface area contributed by atoms with Crippen LogP contribution < -0.4 is 0 Å². The highest BCUT2D eigenvalue weighted by Crippen LogP contribution is 2.46. The normalized spacial score (nSPS) is 11.8. The summed E-state index contributed by atoms with van der Waals surface area (Å²) in [5.41, 5.74) is 21.2. The van der Waals surface area contributed by atoms with E-state index in [4.69, 9.17) is 0 Å². The van der Waals surface area contributed by atoms with E-state index < -0.39 is 29.6 Å². The van der Waals surface area contributed by atoms with Gasteiger partial charge in [-0.05, 0) is 90.0 Å². The number of phenolic OH excluding ortho intramolecular Hbond substituents is 1. The first-order chi connectivity index (χ1) is 21.8. The smallest absolute Gasteiger partial charge is 0.129 e. The lowest BCUT2D eigenvalue weighted by molar-refractivity contribution is 0.475. The third-order valence-electron chi connectivity index (χ3n) is 8.00. The maximum absolute atomic E-state index is 10.4. The van der Waals surface area contributed by atoms with Crippen LogP contribution in [-0.4, -0.2) is 29.3 Å². The van der Waals surface area contributed by atoms with E-state index in [1.165, 1.54) is 0 Å². The molecule has 0 saturated carbocycles. The number of phenols is 1. The lowest BCUT2D eigenvalue weighted by Gasteiger charge is -2.38. The molecule has 0 aliphatic carbocycles. The predicted molar refractivity (Wildman–Crippen MR) is 211 cm³/mol. The molecule has 0 bridgehead atoms. The summed E-state index contributed by atoms with van der Waals surface area (Å²) in [6.07, 6.45) is 0. The Hall–Kier alpha value is -3.99. The van der Waals surface area contributed by atoms with Crippen molar-refractivity contribution in [3.8, 4) is 40.1 Å². The summed E-state index contributed by atoms with van der Waals surface area (Å²) in [5, 5.41) is 10.4. The molecule has 0 spiro atoms. The second-order valence-electron chi connectivity index (χ2n) is 15.9. The Morgan fingerprint density at radius 2 is 0.702 bits per heavy atom. The minimum Gasteiger partial charge on any atom is -0.508 e. The van der Waals surface area contributed by atoms with Crippen molar-refractivity contribution in [2.45, 2.75) is 85.1 Å². The molecule has 0 fully saturated rings. The third kappa shape index (κ3) is 8.88. The van der Waals surface area contributed by atoms with Gasteiger partial charge in [-0.15, -0.1) is 16.6 Å². The molecule has 0 amide bonds. The maximum Gasteiger partial charge on any atom is 0.129 e. The van der Waals surface area contributed by atoms with E-state index in [9.17, 15) is 5.11 Å². The van der Waals surface area contributed by atoms with Crippen LogP contribution in [0.2, 0.25) is 58.9 Å². The molecule has 0 radical (unpaired) electrons. The summed E-state index contributed by atoms with van der Waals surface area (Å²) in [7, 11) is -4.62. The van der Waals surface area contributed by atoms with Gasteiger partial charge in [0, 0.05) is 16.7 Å². The van der Waals surface area contributed by atoms with Crippen molar-refractivity contribution >= 4 is 24.2 Å². The average Bonchev–Trinajstić information content (AvgIpc) is 2.95. The van der Waals surface area contributed by atoms with Crippen LogP contribution in [-0.2, 0) is 5.41 Å². The van der Waals surface area contributed by atoms with Gasteiger partial charge in [-0.1, -0.05) is 125 Å². The molecule has 0 heterocycles. The SMILES string of the molecule is Cc1cc(C(c2ccc(O)cc2)(c2ccc(C#C[Si](C)(C)C)c(C)c2)c2ccc(C#C[Si](C)(C)C)c(C)c2)ccc1C#C[Si](C)(C)C. The molecule has 0 aliphatic rings. The topological polar surface area (TPSA) is 20.2 Å². The molecule has 0 saturated heterocycles. The molecule has 0 unspecified atom stereocenters. The molecule has 0 aromatic heterocycles. The Kier molecular flexibility index (Phi) is 10.4. The second-order valence-corrected chi connectivity index (χ2v) is 30.1. The Bertz CT molecular complexity index is 1780. The predicted octanol–water partition coefficient (Wildman–Crippen LogP) is 10.4. The van der Waals surface area contributed by atoms with Gasteiger partial charge in [0.2, 0.25) is 0 Å². The number of hydrogen-bond acceptors (Lipinski definition) is 1. The summed E-state index contributed by atoms with van der Waals surface area (Å²) in [4.78, 5) is 0. The highest BCUT2D eigenvalue weighted by Gasteiger charge is 2.39. The highest BCUT2D eigenvalue weighted by atomic mass is 28.3. The summed E-state index contributed by atoms with van der Waals surface area (Å²) in [6.45, 7) is 27.0. The number of rotatable bonds is 4. The largest absolute Gasteiger partial charge is 0.508 e. The van der Waals surface area contributed by atoms with Crippen molar-refractivity contribution in [2.75, 3.05) is 0 Å². The Morgan fingerprint density at radius 3 is 0.957 bits per heavy atom. The van der Waals surface area contributed by atoms with Crippen molar-refractivity contribution in [3.05, 3.63) is 134 Å². The molecule has 4 aromatic rings. The van der Waals surface area contributed by atoms with E-state index >= 15 is 0 Å². The van der Waals surface area contributed by atoms with Crippen LogP contribution in [0.25, 0.3) is 0 Å². The van der Waals surface area contributed by atoms with Crippen LogP contribution in [0, 0.1) is 55.2 Å². The maximum atomic E-state index is 10.4. The quantitative estimate of drug-likeness (QED) is 0.131. The van der Waals surface area contributed by atoms with Crippen molar-refractivity contribution in [1.82, 2.24) is 0 Å². The van der Waals surface area contributed by atoms with Crippen LogP contribution in [0.3, 0.4) is 0 Å². The van der Waals surface area contributed by atoms with Gasteiger partial charge in [0.15, 0.2) is 0 Å². The van der Waals surface area contributed by atoms with Gasteiger partial charge < -0.3 is 5.11 Å². The van der Waals surface area contributed by atoms with Gasteiger partial charge in [-0.25, -0.2) is 0 Å². The number of aryl methyl sites for hydroxylation is 3. The molecule has 0 aliphatic heterocycles. The van der Waals surface area contributed by atoms with Gasteiger partial charge in [-0.3, -0.25) is 0 Å². The zero-order valence-corrected chi connectivity index (χ0v) is 33.5. The number of benzene rings is 4. The first-order valence-corrected chi connectivity index (χ1v) is 27.0. The Labute approximate surface area is 287 Å². The zero-order valence-electron chi connectivity index (χ0n) is 30.5. The lowest BCUT2D eigenvalue weighted by Crippen LogP contribution is -2.31. The molecule has 4 rings (SSSR count). The van der Waals surface area contributed by atoms with Crippen molar-refractivity contribution in [2.24, 2.45) is 0 Å². The Balaban J connectivity index is 2.11. The van der Waals surface area contributed by atoms with E-state index in [0.717, 1.165) is 55.6 Å². The summed E-state index contributed by atoms with van der Waals surface area (Å²) >= 11 is 0. The molecular formula is C43H50OSi3. The van der Waals surface area contributed by atoms with E-state index in [1.54, 1.807) is 12.1 Å². The molecule has 240 valence electrons. The van der Waals surface area contributed by atoms with E-state index in [1.807, 2.05) is 0 Å². The van der Waals surface area contributed by atoms with Crippen LogP contribution >= 0.6 is 0 Å². The fourth-order valence-corrected chi connectivity index (χ4v) is 7.12. The number of hydrogen-bond donors (Lipinski definition) is 1. The number of aromatic hydroxyl groups is 1. The summed E-state index contributed by atoms with van der Waals surface area (Å²) < 4.78 is 0. The fourth-order valence-electron chi connectivity index (χ4n) is 5.59. The second kappa shape index (κ2) is 13.6. The van der Waals surface area contributed by atoms with Crippen molar-refractivity contribution < 1.29 is 5.11 Å². The molecular weight excluding hydrogens is 617 g/mol. The molecule has 1 nitrogen and oxygen atoms in total. The van der Waals surface area contributed by atoms with Crippen molar-refractivity contribution in [1.29, 1.82) is 0 Å². The lowest BCUT2D eigenvalue weighted by atomic mass is 9.64. The molecule has 4 aromatic carbocycles. The molecule has 0 atom stereocenters. The molecule has 1 N–H and O–H groups in total. The van der Waals surface area contributed by atoms with E-state index in [-0.39, 0.29) is 5.75 Å². The monoisotopic (exact) mass is 666 g/mol. The fraction of sp³-hybridized carbons (Fsp3) is 0.302. The minimum atomic E-state index is -1.54. The first kappa shape index (κ1) is 35.9. The first-order valence-electron chi connectivity index (χ1n) is 16.5. The highest BCUT2D eigenvalue weighted by molar-refractivity contribution is 6.84. The van der Waals surface area contributed by atoms with Crippen LogP contribution in [0.4, 0.5) is 0 Å².